The maximum atomic E-state index is 12.2. The van der Waals surface area contributed by atoms with Gasteiger partial charge in [0.2, 0.25) is 0 Å². The molecule has 1 saturated heterocycles. The van der Waals surface area contributed by atoms with E-state index in [1.807, 2.05) is 31.8 Å². The minimum atomic E-state index is -1.24. The van der Waals surface area contributed by atoms with Crippen molar-refractivity contribution < 1.29 is 24.0 Å². The number of amides is 1. The largest absolute Gasteiger partial charge is 0.612 e. The van der Waals surface area contributed by atoms with Crippen LogP contribution in [0.2, 0.25) is 0 Å². The number of carbonyl (C=O) groups is 2. The number of piperidine rings is 1. The van der Waals surface area contributed by atoms with Gasteiger partial charge in [-0.15, -0.1) is 0 Å². The molecule has 1 fully saturated rings. The topological polar surface area (TPSA) is 93.1 Å². The van der Waals surface area contributed by atoms with Gasteiger partial charge in [0.25, 0.3) is 0 Å². The Hall–Kier alpha value is -1.77. The molecule has 1 aromatic rings. The number of ether oxygens (including phenoxy) is 1. The maximum Gasteiger partial charge on any atom is 0.422 e. The minimum Gasteiger partial charge on any atom is -0.612 e. The predicted molar refractivity (Wildman–Crippen MR) is 103 cm³/mol. The molecule has 1 aliphatic rings. The van der Waals surface area contributed by atoms with Crippen LogP contribution in [-0.4, -0.2) is 63.7 Å². The molecule has 1 N–H and O–H groups in total. The molecule has 0 spiro atoms. The van der Waals surface area contributed by atoms with E-state index in [1.165, 1.54) is 12.1 Å². The van der Waals surface area contributed by atoms with E-state index < -0.39 is 28.8 Å². The van der Waals surface area contributed by atoms with E-state index >= 15 is 0 Å². The number of hydrazine groups is 1. The summed E-state index contributed by atoms with van der Waals surface area (Å²) in [6.07, 6.45) is 2.14. The molecular weight excluding hydrogens is 368 g/mol. The Labute approximate surface area is 163 Å². The first-order valence-electron chi connectivity index (χ1n) is 8.90. The van der Waals surface area contributed by atoms with Gasteiger partial charge in [-0.25, -0.2) is 19.6 Å². The van der Waals surface area contributed by atoms with E-state index in [0.717, 1.165) is 18.4 Å². The summed E-state index contributed by atoms with van der Waals surface area (Å²) in [4.78, 5) is 24.1. The van der Waals surface area contributed by atoms with E-state index in [0.29, 0.717) is 23.5 Å². The monoisotopic (exact) mass is 396 g/mol. The van der Waals surface area contributed by atoms with Crippen LogP contribution in [-0.2, 0) is 15.9 Å². The van der Waals surface area contributed by atoms with Gasteiger partial charge in [0.1, 0.15) is 6.26 Å². The molecular formula is C19H28N2O5S. The Morgan fingerprint density at radius 1 is 1.30 bits per heavy atom. The van der Waals surface area contributed by atoms with E-state index in [-0.39, 0.29) is 5.92 Å². The lowest BCUT2D eigenvalue weighted by Gasteiger charge is -2.44. The second-order valence-electron chi connectivity index (χ2n) is 7.69. The van der Waals surface area contributed by atoms with Crippen molar-refractivity contribution in [3.63, 3.8) is 0 Å². The zero-order valence-corrected chi connectivity index (χ0v) is 17.3. The highest BCUT2D eigenvalue weighted by Gasteiger charge is 2.35. The molecule has 2 rings (SSSR count). The van der Waals surface area contributed by atoms with Gasteiger partial charge < -0.3 is 14.4 Å². The van der Waals surface area contributed by atoms with Crippen LogP contribution in [0.4, 0.5) is 4.79 Å². The number of esters is 1. The summed E-state index contributed by atoms with van der Waals surface area (Å²) in [5, 5.41) is 12.8. The van der Waals surface area contributed by atoms with Gasteiger partial charge >= 0.3 is 12.1 Å². The van der Waals surface area contributed by atoms with Crippen molar-refractivity contribution >= 4 is 23.2 Å². The van der Waals surface area contributed by atoms with Gasteiger partial charge in [-0.1, -0.05) is 6.07 Å². The third kappa shape index (κ3) is 4.94. The standard InChI is InChI=1S/C19H28N2O5S/c1-19(2,3)21(18(23)24)20-10-8-13(9-11-20)15-7-6-14(17(22)26-4)12-16(15)27(5)25/h6-7,12-13H,8-11H2,1-5H3,(H,23,24). The first-order valence-corrected chi connectivity index (χ1v) is 10.5. The van der Waals surface area contributed by atoms with Crippen LogP contribution in [0.25, 0.3) is 0 Å². The molecule has 7 nitrogen and oxygen atoms in total. The Morgan fingerprint density at radius 2 is 1.89 bits per heavy atom. The molecule has 1 atom stereocenters. The molecule has 1 heterocycles. The predicted octanol–water partition coefficient (Wildman–Crippen LogP) is 3.08. The molecule has 0 aliphatic carbocycles. The number of rotatable bonds is 4. The second kappa shape index (κ2) is 8.50. The zero-order valence-electron chi connectivity index (χ0n) is 16.5. The van der Waals surface area contributed by atoms with Crippen molar-refractivity contribution in [3.05, 3.63) is 29.3 Å². The summed E-state index contributed by atoms with van der Waals surface area (Å²) in [5.41, 5.74) is 0.825. The summed E-state index contributed by atoms with van der Waals surface area (Å²) in [5.74, 6) is -0.284. The molecule has 1 unspecified atom stereocenters. The van der Waals surface area contributed by atoms with Gasteiger partial charge in [-0.05, 0) is 56.8 Å². The van der Waals surface area contributed by atoms with E-state index in [1.54, 1.807) is 18.4 Å². The Morgan fingerprint density at radius 3 is 2.33 bits per heavy atom. The third-order valence-corrected chi connectivity index (χ3v) is 5.73. The molecule has 150 valence electrons. The lowest BCUT2D eigenvalue weighted by atomic mass is 9.89. The normalized spacial score (nSPS) is 17.4. The van der Waals surface area contributed by atoms with Crippen LogP contribution in [0.5, 0.6) is 0 Å². The average molecular weight is 397 g/mol. The lowest BCUT2D eigenvalue weighted by molar-refractivity contribution is -0.0783. The highest BCUT2D eigenvalue weighted by Crippen LogP contribution is 2.34. The maximum absolute atomic E-state index is 12.2. The van der Waals surface area contributed by atoms with E-state index in [4.69, 9.17) is 4.74 Å². The smallest absolute Gasteiger partial charge is 0.422 e. The fourth-order valence-electron chi connectivity index (χ4n) is 3.57. The van der Waals surface area contributed by atoms with Crippen LogP contribution in [0.3, 0.4) is 0 Å². The average Bonchev–Trinajstić information content (AvgIpc) is 2.59. The van der Waals surface area contributed by atoms with Crippen molar-refractivity contribution in [2.24, 2.45) is 0 Å². The molecule has 0 saturated carbocycles. The summed E-state index contributed by atoms with van der Waals surface area (Å²) in [6.45, 7) is 6.82. The summed E-state index contributed by atoms with van der Waals surface area (Å²) in [7, 11) is 1.32. The third-order valence-electron chi connectivity index (χ3n) is 4.75. The van der Waals surface area contributed by atoms with Crippen LogP contribution in [0.15, 0.2) is 23.1 Å². The lowest BCUT2D eigenvalue weighted by Crippen LogP contribution is -2.57. The van der Waals surface area contributed by atoms with Gasteiger partial charge in [-0.2, -0.15) is 0 Å². The van der Waals surface area contributed by atoms with Crippen molar-refractivity contribution in [1.82, 2.24) is 10.0 Å². The molecule has 1 aromatic carbocycles. The number of carbonyl (C=O) groups excluding carboxylic acids is 1. The fourth-order valence-corrected chi connectivity index (χ4v) is 4.43. The number of benzene rings is 1. The van der Waals surface area contributed by atoms with Crippen LogP contribution < -0.4 is 0 Å². The number of carboxylic acid groups (broad SMARTS) is 1. The van der Waals surface area contributed by atoms with E-state index in [9.17, 15) is 19.2 Å². The van der Waals surface area contributed by atoms with Gasteiger partial charge in [0.05, 0.1) is 18.2 Å². The minimum absolute atomic E-state index is 0.169. The molecule has 1 amide bonds. The Kier molecular flexibility index (Phi) is 6.77. The first-order chi connectivity index (χ1) is 12.6. The SMILES string of the molecule is COC(=O)c1ccc(C2CCN(N(C(=O)O)C(C)(C)C)CC2)c([S+](C)[O-])c1. The number of nitrogens with zero attached hydrogens (tertiary/aromatic N) is 2. The molecule has 0 aromatic heterocycles. The number of hydrogen-bond acceptors (Lipinski definition) is 5. The first kappa shape index (κ1) is 21.5. The van der Waals surface area contributed by atoms with Crippen molar-refractivity contribution in [1.29, 1.82) is 0 Å². The van der Waals surface area contributed by atoms with Crippen molar-refractivity contribution in [2.45, 2.75) is 50.0 Å². The highest BCUT2D eigenvalue weighted by molar-refractivity contribution is 7.90. The Bertz CT molecular complexity index is 694. The summed E-state index contributed by atoms with van der Waals surface area (Å²) < 4.78 is 17.0. The number of hydrogen-bond donors (Lipinski definition) is 1. The summed E-state index contributed by atoms with van der Waals surface area (Å²) in [6, 6.07) is 5.19. The summed E-state index contributed by atoms with van der Waals surface area (Å²) >= 11 is -1.24. The molecule has 27 heavy (non-hydrogen) atoms. The highest BCUT2D eigenvalue weighted by atomic mass is 32.2. The molecule has 0 bridgehead atoms. The van der Waals surface area contributed by atoms with Gasteiger partial charge in [0, 0.05) is 24.7 Å². The van der Waals surface area contributed by atoms with Gasteiger partial charge in [0.15, 0.2) is 4.90 Å². The van der Waals surface area contributed by atoms with Crippen LogP contribution >= 0.6 is 0 Å². The fraction of sp³-hybridized carbons (Fsp3) is 0.579. The second-order valence-corrected chi connectivity index (χ2v) is 9.04. The van der Waals surface area contributed by atoms with Gasteiger partial charge in [-0.3, -0.25) is 0 Å². The molecule has 8 heteroatoms. The molecule has 0 radical (unpaired) electrons. The van der Waals surface area contributed by atoms with Crippen LogP contribution in [0, 0.1) is 0 Å². The quantitative estimate of drug-likeness (QED) is 0.621. The Balaban J connectivity index is 2.20. The number of methoxy groups -OCH3 is 1. The van der Waals surface area contributed by atoms with Crippen LogP contribution in [0.1, 0.15) is 55.5 Å². The van der Waals surface area contributed by atoms with Crippen molar-refractivity contribution in [3.8, 4) is 0 Å². The molecule has 1 aliphatic heterocycles. The van der Waals surface area contributed by atoms with Crippen molar-refractivity contribution in [2.75, 3.05) is 26.5 Å². The van der Waals surface area contributed by atoms with E-state index in [2.05, 4.69) is 0 Å². The zero-order chi connectivity index (χ0) is 20.4.